The number of nitrogens with zero attached hydrogens (tertiary/aromatic N) is 16. The van der Waals surface area contributed by atoms with Crippen LogP contribution in [0.5, 0.6) is 0 Å². The van der Waals surface area contributed by atoms with Gasteiger partial charge in [0.2, 0.25) is 0 Å². The molecule has 0 atom stereocenters. The molecule has 0 amide bonds. The quantitative estimate of drug-likeness (QED) is 0.0936. The number of rotatable bonds is 12. The first-order chi connectivity index (χ1) is 37.6. The molecule has 0 fully saturated rings. The first kappa shape index (κ1) is 54.2. The van der Waals surface area contributed by atoms with Crippen LogP contribution in [-0.4, -0.2) is 67.1 Å². The van der Waals surface area contributed by atoms with Gasteiger partial charge in [-0.05, 0) is 72.8 Å². The summed E-state index contributed by atoms with van der Waals surface area (Å²) < 4.78 is 13.1. The van der Waals surface area contributed by atoms with E-state index in [-0.39, 0.29) is 34.1 Å². The summed E-state index contributed by atoms with van der Waals surface area (Å²) in [6, 6.07) is 57.5. The summed E-state index contributed by atoms with van der Waals surface area (Å²) in [5.41, 5.74) is 24.5. The molecular weight excluding hydrogens is 1090 g/mol. The second-order valence-corrected chi connectivity index (χ2v) is 19.6. The van der Waals surface area contributed by atoms with Crippen LogP contribution in [-0.2, 0) is 116 Å². The van der Waals surface area contributed by atoms with E-state index in [4.69, 9.17) is 29.9 Å². The SMILES string of the molecule is Cn1c(CN(Cc2nc3ccccc3n2C)Cc2nc3ccccc3n2C)nc2ccccc21.Cn1c(CN(Cc2nc3ccccc3n2C)Cc2nc3ccccc3n2C)nc2ccccc21.[Cu+].[Cu+].c1ccc2c(c1)[N-][NH2+][N-]2. The standard InChI is InChI=1S/2C27H27N7.C6H6N3.2Cu/c2*1-31-22-13-7-4-10-19(22)28-25(31)16-34(17-26-29-20-11-5-8-14-23(20)32(26)2)18-27-30-21-12-6-9-15-24(21)33(27)3;1-2-4-6-5(3-1)7-9-8-6;;/h2*4-15H,16-18H2,1-3H3;1-4H,9H2;;/q;;-1;2*+1. The molecule has 1 aliphatic heterocycles. The third kappa shape index (κ3) is 11.0. The van der Waals surface area contributed by atoms with Crippen LogP contribution in [0.2, 0.25) is 0 Å². The maximum Gasteiger partial charge on any atom is 1.00 e. The molecule has 17 nitrogen and oxygen atoms in total. The van der Waals surface area contributed by atoms with Gasteiger partial charge in [0, 0.05) is 42.3 Å². The number of para-hydroxylation sites is 12. The van der Waals surface area contributed by atoms with Gasteiger partial charge in [0.1, 0.15) is 34.9 Å². The van der Waals surface area contributed by atoms with Crippen LogP contribution in [0.4, 0.5) is 11.4 Å². The first-order valence-electron chi connectivity index (χ1n) is 25.8. The van der Waals surface area contributed by atoms with E-state index in [2.05, 4.69) is 200 Å². The molecule has 1 aliphatic rings. The van der Waals surface area contributed by atoms with Crippen molar-refractivity contribution in [2.24, 2.45) is 42.3 Å². The fourth-order valence-corrected chi connectivity index (χ4v) is 10.4. The Hall–Kier alpha value is -8.12. The molecule has 0 bridgehead atoms. The number of quaternary nitrogens is 1. The van der Waals surface area contributed by atoms with Gasteiger partial charge in [0.25, 0.3) is 0 Å². The summed E-state index contributed by atoms with van der Waals surface area (Å²) in [4.78, 5) is 34.4. The molecule has 0 saturated heterocycles. The van der Waals surface area contributed by atoms with E-state index < -0.39 is 0 Å². The van der Waals surface area contributed by atoms with E-state index in [0.29, 0.717) is 39.3 Å². The van der Waals surface area contributed by atoms with Crippen molar-refractivity contribution >= 4 is 77.6 Å². The third-order valence-electron chi connectivity index (χ3n) is 14.7. The Labute approximate surface area is 478 Å². The van der Waals surface area contributed by atoms with Crippen molar-refractivity contribution in [2.45, 2.75) is 39.3 Å². The van der Waals surface area contributed by atoms with E-state index in [1.54, 1.807) is 5.53 Å². The number of aromatic nitrogens is 12. The Bertz CT molecular complexity index is 3580. The van der Waals surface area contributed by atoms with Gasteiger partial charge in [-0.1, -0.05) is 97.1 Å². The summed E-state index contributed by atoms with van der Waals surface area (Å²) in [6.07, 6.45) is 0. The topological polar surface area (TPSA) is 158 Å². The molecule has 79 heavy (non-hydrogen) atoms. The molecule has 19 heteroatoms. The molecule has 0 saturated carbocycles. The minimum atomic E-state index is 0. The van der Waals surface area contributed by atoms with Crippen molar-refractivity contribution in [3.63, 3.8) is 0 Å². The maximum atomic E-state index is 4.93. The molecule has 14 rings (SSSR count). The molecule has 406 valence electrons. The number of aryl methyl sites for hydroxylation is 6. The number of hydrogen-bond acceptors (Lipinski definition) is 8. The summed E-state index contributed by atoms with van der Waals surface area (Å²) in [6.45, 7) is 4.15. The summed E-state index contributed by atoms with van der Waals surface area (Å²) >= 11 is 0. The average molecular weight is 1150 g/mol. The van der Waals surface area contributed by atoms with Gasteiger partial charge >= 0.3 is 34.1 Å². The number of benzene rings is 7. The van der Waals surface area contributed by atoms with Crippen LogP contribution in [0, 0.1) is 0 Å². The minimum absolute atomic E-state index is 0. The van der Waals surface area contributed by atoms with E-state index in [0.717, 1.165) is 113 Å². The van der Waals surface area contributed by atoms with Gasteiger partial charge in [-0.15, -0.1) is 11.4 Å². The van der Waals surface area contributed by atoms with Gasteiger partial charge in [-0.25, -0.2) is 29.9 Å². The number of nitrogens with two attached hydrogens (primary N) is 1. The van der Waals surface area contributed by atoms with Gasteiger partial charge in [0.15, 0.2) is 0 Å². The molecule has 13 aromatic rings. The van der Waals surface area contributed by atoms with Crippen LogP contribution in [0.3, 0.4) is 0 Å². The van der Waals surface area contributed by atoms with E-state index in [9.17, 15) is 0 Å². The Kier molecular flexibility index (Phi) is 16.1. The normalized spacial score (nSPS) is 11.9. The average Bonchev–Trinajstić information content (AvgIpc) is 4.39. The number of hydrogen-bond donors (Lipinski definition) is 1. The van der Waals surface area contributed by atoms with Crippen molar-refractivity contribution in [1.82, 2.24) is 67.1 Å². The second-order valence-electron chi connectivity index (χ2n) is 19.6. The Morgan fingerprint density at radius 2 is 0.468 bits per heavy atom. The molecule has 7 heterocycles. The Morgan fingerprint density at radius 3 is 0.658 bits per heavy atom. The number of fused-ring (bicyclic) bond motifs is 7. The van der Waals surface area contributed by atoms with E-state index >= 15 is 0 Å². The van der Waals surface area contributed by atoms with Crippen LogP contribution in [0.1, 0.15) is 34.9 Å². The van der Waals surface area contributed by atoms with Crippen molar-refractivity contribution in [1.29, 1.82) is 0 Å². The fourth-order valence-electron chi connectivity index (χ4n) is 10.4. The summed E-state index contributed by atoms with van der Waals surface area (Å²) in [5, 5.41) is 0. The van der Waals surface area contributed by atoms with Crippen molar-refractivity contribution < 1.29 is 39.7 Å². The van der Waals surface area contributed by atoms with Crippen LogP contribution in [0.25, 0.3) is 77.1 Å². The summed E-state index contributed by atoms with van der Waals surface area (Å²) in [7, 11) is 12.5. The van der Waals surface area contributed by atoms with Crippen molar-refractivity contribution in [3.8, 4) is 0 Å². The molecule has 0 unspecified atom stereocenters. The third-order valence-corrected chi connectivity index (χ3v) is 14.7. The first-order valence-corrected chi connectivity index (χ1v) is 25.8. The Morgan fingerprint density at radius 1 is 0.291 bits per heavy atom. The van der Waals surface area contributed by atoms with Crippen molar-refractivity contribution in [2.75, 3.05) is 0 Å². The maximum absolute atomic E-state index is 4.93. The molecule has 2 N–H and O–H groups in total. The summed E-state index contributed by atoms with van der Waals surface area (Å²) in [5.74, 6) is 6.16. The van der Waals surface area contributed by atoms with E-state index in [1.165, 1.54) is 0 Å². The van der Waals surface area contributed by atoms with Gasteiger partial charge in [-0.3, -0.25) is 9.80 Å². The molecular formula is C60H60Cu2N17+. The zero-order valence-electron chi connectivity index (χ0n) is 44.7. The molecule has 0 spiro atoms. The van der Waals surface area contributed by atoms with Crippen LogP contribution in [0.15, 0.2) is 170 Å². The van der Waals surface area contributed by atoms with Gasteiger partial charge in [0.05, 0.1) is 105 Å². The smallest absolute Gasteiger partial charge is 0.496 e. The molecule has 0 aliphatic carbocycles. The Balaban J connectivity index is 0.000000150. The second kappa shape index (κ2) is 23.5. The molecule has 6 aromatic heterocycles. The van der Waals surface area contributed by atoms with E-state index in [1.807, 2.05) is 60.7 Å². The zero-order chi connectivity index (χ0) is 52.6. The minimum Gasteiger partial charge on any atom is -0.496 e. The predicted molar refractivity (Wildman–Crippen MR) is 305 cm³/mol. The largest absolute Gasteiger partial charge is 1.00 e. The molecule has 0 radical (unpaired) electrons. The fraction of sp³-hybridized carbons (Fsp3) is 0.200. The monoisotopic (exact) mass is 1140 g/mol. The molecule has 7 aromatic carbocycles. The van der Waals surface area contributed by atoms with Gasteiger partial charge < -0.3 is 43.8 Å². The predicted octanol–water partition coefficient (Wildman–Crippen LogP) is 10.2. The van der Waals surface area contributed by atoms with Crippen LogP contribution < -0.4 is 5.53 Å². The van der Waals surface area contributed by atoms with Gasteiger partial charge in [-0.2, -0.15) is 0 Å². The zero-order valence-corrected chi connectivity index (χ0v) is 46.6. The van der Waals surface area contributed by atoms with Crippen molar-refractivity contribution in [3.05, 3.63) is 216 Å². The number of imidazole rings is 6. The van der Waals surface area contributed by atoms with Crippen LogP contribution >= 0.6 is 0 Å².